The van der Waals surface area contributed by atoms with Crippen LogP contribution in [0.5, 0.6) is 11.5 Å². The van der Waals surface area contributed by atoms with E-state index in [1.165, 1.54) is 0 Å². The molecular formula is C22H23NO5. The van der Waals surface area contributed by atoms with Gasteiger partial charge in [0.15, 0.2) is 11.9 Å². The molecule has 3 rings (SSSR count). The highest BCUT2D eigenvalue weighted by molar-refractivity contribution is 6.12. The molecule has 2 amide bonds. The Hall–Kier alpha value is -3.15. The zero-order chi connectivity index (χ0) is 20.3. The van der Waals surface area contributed by atoms with Crippen molar-refractivity contribution in [3.05, 3.63) is 59.7 Å². The van der Waals surface area contributed by atoms with Crippen molar-refractivity contribution < 1.29 is 23.9 Å². The van der Waals surface area contributed by atoms with E-state index >= 15 is 0 Å². The van der Waals surface area contributed by atoms with Crippen molar-refractivity contribution in [1.82, 2.24) is 4.90 Å². The Balaban J connectivity index is 1.96. The van der Waals surface area contributed by atoms with E-state index in [4.69, 9.17) is 9.47 Å². The van der Waals surface area contributed by atoms with Crippen LogP contribution in [0.25, 0.3) is 0 Å². The van der Waals surface area contributed by atoms with Gasteiger partial charge in [-0.25, -0.2) is 0 Å². The quantitative estimate of drug-likeness (QED) is 0.567. The number of fused-ring (bicyclic) bond motifs is 1. The van der Waals surface area contributed by atoms with Crippen molar-refractivity contribution in [3.63, 3.8) is 0 Å². The molecule has 0 saturated carbocycles. The number of ether oxygens (including phenoxy) is 2. The number of hydrogen-bond donors (Lipinski definition) is 0. The molecule has 2 aromatic rings. The molecule has 0 saturated heterocycles. The number of nitrogens with zero attached hydrogens (tertiary/aromatic N) is 1. The van der Waals surface area contributed by atoms with Gasteiger partial charge in [0.05, 0.1) is 24.3 Å². The van der Waals surface area contributed by atoms with Crippen molar-refractivity contribution in [2.24, 2.45) is 5.92 Å². The molecular weight excluding hydrogens is 358 g/mol. The maximum Gasteiger partial charge on any atom is 0.271 e. The second kappa shape index (κ2) is 8.25. The lowest BCUT2D eigenvalue weighted by atomic mass is 10.0. The zero-order valence-corrected chi connectivity index (χ0v) is 16.2. The van der Waals surface area contributed by atoms with Gasteiger partial charge in [0.2, 0.25) is 0 Å². The van der Waals surface area contributed by atoms with E-state index in [1.54, 1.807) is 48.5 Å². The highest BCUT2D eigenvalue weighted by Gasteiger charge is 2.39. The van der Waals surface area contributed by atoms with Gasteiger partial charge in [-0.05, 0) is 37.1 Å². The standard InChI is InChI=1S/C22H23NO5/c1-4-27-18-11-7-5-9-15(18)17(24)13-23-21(25)16-10-6-8-12-19(16)28-20(14(2)3)22(23)26/h5-12,14,20H,4,13H2,1-3H3. The minimum absolute atomic E-state index is 0.167. The molecule has 146 valence electrons. The summed E-state index contributed by atoms with van der Waals surface area (Å²) in [7, 11) is 0. The lowest BCUT2D eigenvalue weighted by molar-refractivity contribution is -0.136. The van der Waals surface area contributed by atoms with E-state index in [9.17, 15) is 14.4 Å². The molecule has 0 bridgehead atoms. The van der Waals surface area contributed by atoms with E-state index < -0.39 is 17.9 Å². The number of amides is 2. The van der Waals surface area contributed by atoms with Gasteiger partial charge in [0.1, 0.15) is 11.5 Å². The van der Waals surface area contributed by atoms with Crippen LogP contribution in [-0.4, -0.2) is 41.8 Å². The van der Waals surface area contributed by atoms with E-state index in [0.717, 1.165) is 4.90 Å². The number of carbonyl (C=O) groups excluding carboxylic acids is 3. The molecule has 1 atom stereocenters. The van der Waals surface area contributed by atoms with E-state index in [0.29, 0.717) is 23.7 Å². The summed E-state index contributed by atoms with van der Waals surface area (Å²) in [6.45, 7) is 5.53. The number of Topliss-reactive ketones (excluding diaryl/α,β-unsaturated/α-hetero) is 1. The largest absolute Gasteiger partial charge is 0.493 e. The summed E-state index contributed by atoms with van der Waals surface area (Å²) in [6.07, 6.45) is -0.845. The maximum atomic E-state index is 13.0. The number of carbonyl (C=O) groups is 3. The molecule has 0 radical (unpaired) electrons. The molecule has 6 heteroatoms. The van der Waals surface area contributed by atoms with Crippen LogP contribution in [0.1, 0.15) is 41.5 Å². The first kappa shape index (κ1) is 19.6. The SMILES string of the molecule is CCOc1ccccc1C(=O)CN1C(=O)c2ccccc2OC(C(C)C)C1=O. The fourth-order valence-electron chi connectivity index (χ4n) is 3.11. The molecule has 0 N–H and O–H groups in total. The summed E-state index contributed by atoms with van der Waals surface area (Å²) < 4.78 is 11.3. The first-order valence-corrected chi connectivity index (χ1v) is 9.30. The van der Waals surface area contributed by atoms with Crippen LogP contribution in [0.15, 0.2) is 48.5 Å². The highest BCUT2D eigenvalue weighted by Crippen LogP contribution is 2.28. The third kappa shape index (κ3) is 3.76. The Bertz CT molecular complexity index is 905. The Labute approximate surface area is 164 Å². The lowest BCUT2D eigenvalue weighted by Gasteiger charge is -2.24. The molecule has 0 fully saturated rings. The average molecular weight is 381 g/mol. The molecule has 0 aliphatic carbocycles. The fourth-order valence-corrected chi connectivity index (χ4v) is 3.11. The van der Waals surface area contributed by atoms with Gasteiger partial charge in [0, 0.05) is 0 Å². The number of para-hydroxylation sites is 2. The second-order valence-corrected chi connectivity index (χ2v) is 6.86. The summed E-state index contributed by atoms with van der Waals surface area (Å²) in [4.78, 5) is 40.0. The monoisotopic (exact) mass is 381 g/mol. The summed E-state index contributed by atoms with van der Waals surface area (Å²) in [5, 5.41) is 0. The van der Waals surface area contributed by atoms with Gasteiger partial charge in [-0.3, -0.25) is 19.3 Å². The summed E-state index contributed by atoms with van der Waals surface area (Å²) in [5.41, 5.74) is 0.606. The zero-order valence-electron chi connectivity index (χ0n) is 16.2. The molecule has 1 aliphatic heterocycles. The fraction of sp³-hybridized carbons (Fsp3) is 0.318. The van der Waals surface area contributed by atoms with Crippen molar-refractivity contribution in [2.45, 2.75) is 26.9 Å². The number of ketones is 1. The Kier molecular flexibility index (Phi) is 5.78. The minimum atomic E-state index is -0.845. The van der Waals surface area contributed by atoms with Crippen LogP contribution in [0.2, 0.25) is 0 Å². The smallest absolute Gasteiger partial charge is 0.271 e. The van der Waals surface area contributed by atoms with E-state index in [2.05, 4.69) is 0 Å². The minimum Gasteiger partial charge on any atom is -0.493 e. The molecule has 2 aromatic carbocycles. The third-order valence-corrected chi connectivity index (χ3v) is 4.52. The first-order valence-electron chi connectivity index (χ1n) is 9.30. The maximum absolute atomic E-state index is 13.0. The predicted octanol–water partition coefficient (Wildman–Crippen LogP) is 3.35. The highest BCUT2D eigenvalue weighted by atomic mass is 16.5. The second-order valence-electron chi connectivity index (χ2n) is 6.86. The van der Waals surface area contributed by atoms with Crippen molar-refractivity contribution in [3.8, 4) is 11.5 Å². The number of benzene rings is 2. The normalized spacial score (nSPS) is 16.4. The average Bonchev–Trinajstić information content (AvgIpc) is 2.79. The summed E-state index contributed by atoms with van der Waals surface area (Å²) in [6, 6.07) is 13.5. The molecule has 0 aromatic heterocycles. The molecule has 6 nitrogen and oxygen atoms in total. The van der Waals surface area contributed by atoms with Crippen LogP contribution in [0, 0.1) is 5.92 Å². The van der Waals surface area contributed by atoms with Gasteiger partial charge in [-0.1, -0.05) is 38.1 Å². The Morgan fingerprint density at radius 3 is 2.50 bits per heavy atom. The third-order valence-electron chi connectivity index (χ3n) is 4.52. The van der Waals surface area contributed by atoms with Crippen molar-refractivity contribution in [1.29, 1.82) is 0 Å². The Morgan fingerprint density at radius 2 is 1.79 bits per heavy atom. The van der Waals surface area contributed by atoms with Gasteiger partial charge in [-0.2, -0.15) is 0 Å². The summed E-state index contributed by atoms with van der Waals surface area (Å²) >= 11 is 0. The Morgan fingerprint density at radius 1 is 1.11 bits per heavy atom. The van der Waals surface area contributed by atoms with Crippen LogP contribution in [0.3, 0.4) is 0 Å². The van der Waals surface area contributed by atoms with Crippen LogP contribution in [-0.2, 0) is 4.79 Å². The van der Waals surface area contributed by atoms with Gasteiger partial charge in [-0.15, -0.1) is 0 Å². The summed E-state index contributed by atoms with van der Waals surface area (Å²) in [5.74, 6) is -0.803. The van der Waals surface area contributed by atoms with E-state index in [1.807, 2.05) is 20.8 Å². The van der Waals surface area contributed by atoms with Gasteiger partial charge >= 0.3 is 0 Å². The molecule has 1 heterocycles. The molecule has 1 unspecified atom stereocenters. The van der Waals surface area contributed by atoms with Crippen molar-refractivity contribution >= 4 is 17.6 Å². The molecule has 1 aliphatic rings. The molecule has 0 spiro atoms. The van der Waals surface area contributed by atoms with Crippen LogP contribution < -0.4 is 9.47 Å². The topological polar surface area (TPSA) is 72.9 Å². The van der Waals surface area contributed by atoms with Gasteiger partial charge < -0.3 is 9.47 Å². The number of hydrogen-bond acceptors (Lipinski definition) is 5. The van der Waals surface area contributed by atoms with Crippen LogP contribution >= 0.6 is 0 Å². The number of rotatable bonds is 6. The number of imide groups is 1. The van der Waals surface area contributed by atoms with Crippen molar-refractivity contribution in [2.75, 3.05) is 13.2 Å². The first-order chi connectivity index (χ1) is 13.4. The van der Waals surface area contributed by atoms with Gasteiger partial charge in [0.25, 0.3) is 11.8 Å². The van der Waals surface area contributed by atoms with E-state index in [-0.39, 0.29) is 23.8 Å². The lowest BCUT2D eigenvalue weighted by Crippen LogP contribution is -2.47. The van der Waals surface area contributed by atoms with Crippen LogP contribution in [0.4, 0.5) is 0 Å². The predicted molar refractivity (Wildman–Crippen MR) is 104 cm³/mol. The molecule has 28 heavy (non-hydrogen) atoms.